The first kappa shape index (κ1) is 15.0. The molecule has 0 N–H and O–H groups in total. The van der Waals surface area contributed by atoms with Crippen molar-refractivity contribution < 1.29 is 9.59 Å². The van der Waals surface area contributed by atoms with Crippen molar-refractivity contribution in [2.45, 2.75) is 38.5 Å². The summed E-state index contributed by atoms with van der Waals surface area (Å²) in [5, 5.41) is -0.0916. The summed E-state index contributed by atoms with van der Waals surface area (Å²) in [4.78, 5) is 25.0. The third-order valence-corrected chi connectivity index (χ3v) is 4.77. The molecule has 1 aliphatic rings. The van der Waals surface area contributed by atoms with Crippen molar-refractivity contribution in [3.63, 3.8) is 0 Å². The van der Waals surface area contributed by atoms with Crippen LogP contribution in [0.3, 0.4) is 0 Å². The lowest BCUT2D eigenvalue weighted by molar-refractivity contribution is -0.127. The van der Waals surface area contributed by atoms with Gasteiger partial charge in [0, 0.05) is 12.6 Å². The molecule has 0 fully saturated rings. The summed E-state index contributed by atoms with van der Waals surface area (Å²) in [7, 11) is 1.53. The summed E-state index contributed by atoms with van der Waals surface area (Å²) in [6.45, 7) is 4.25. The predicted molar refractivity (Wildman–Crippen MR) is 79.9 cm³/mol. The number of likely N-dealkylation sites (N-methyl/N-ethyl adjacent to an activating group) is 1. The Hall–Kier alpha value is -1.35. The maximum absolute atomic E-state index is 12.2. The van der Waals surface area contributed by atoms with Gasteiger partial charge in [-0.2, -0.15) is 0 Å². The standard InChI is InChI=1S/C16H20ClNO2/c1-4-10(5-2)15(17)12-7-6-11-9-14(19)18(3)16(20)13(11)8-12/h6-8,10,15H,4-5,9H2,1-3H3. The molecule has 0 radical (unpaired) electrons. The number of carbonyl (C=O) groups is 2. The number of rotatable bonds is 4. The Labute approximate surface area is 124 Å². The lowest BCUT2D eigenvalue weighted by Crippen LogP contribution is -2.39. The van der Waals surface area contributed by atoms with Crippen LogP contribution < -0.4 is 0 Å². The highest BCUT2D eigenvalue weighted by atomic mass is 35.5. The number of hydrogen-bond donors (Lipinski definition) is 0. The second kappa shape index (κ2) is 5.96. The van der Waals surface area contributed by atoms with Crippen molar-refractivity contribution >= 4 is 23.4 Å². The maximum Gasteiger partial charge on any atom is 0.260 e. The Kier molecular flexibility index (Phi) is 4.48. The first-order chi connectivity index (χ1) is 9.49. The van der Waals surface area contributed by atoms with E-state index in [4.69, 9.17) is 11.6 Å². The van der Waals surface area contributed by atoms with Crippen molar-refractivity contribution in [2.75, 3.05) is 7.05 Å². The number of nitrogens with zero attached hydrogens (tertiary/aromatic N) is 1. The fourth-order valence-electron chi connectivity index (χ4n) is 2.67. The van der Waals surface area contributed by atoms with E-state index in [0.29, 0.717) is 11.5 Å². The van der Waals surface area contributed by atoms with Crippen LogP contribution in [-0.4, -0.2) is 23.8 Å². The smallest absolute Gasteiger partial charge is 0.260 e. The van der Waals surface area contributed by atoms with Gasteiger partial charge < -0.3 is 0 Å². The first-order valence-corrected chi connectivity index (χ1v) is 7.51. The van der Waals surface area contributed by atoms with E-state index in [2.05, 4.69) is 13.8 Å². The van der Waals surface area contributed by atoms with Crippen molar-refractivity contribution in [3.05, 3.63) is 34.9 Å². The van der Waals surface area contributed by atoms with Crippen LogP contribution in [0.2, 0.25) is 0 Å². The van der Waals surface area contributed by atoms with Crippen LogP contribution in [0.5, 0.6) is 0 Å². The maximum atomic E-state index is 12.2. The number of amides is 2. The summed E-state index contributed by atoms with van der Waals surface area (Å²) in [5.41, 5.74) is 2.38. The lowest BCUT2D eigenvalue weighted by atomic mass is 9.90. The molecule has 20 heavy (non-hydrogen) atoms. The molecule has 1 heterocycles. The highest BCUT2D eigenvalue weighted by Crippen LogP contribution is 2.35. The molecule has 3 nitrogen and oxygen atoms in total. The number of carbonyl (C=O) groups excluding carboxylic acids is 2. The number of hydrogen-bond acceptors (Lipinski definition) is 2. The van der Waals surface area contributed by atoms with Crippen molar-refractivity contribution in [1.29, 1.82) is 0 Å². The molecule has 108 valence electrons. The van der Waals surface area contributed by atoms with Crippen LogP contribution >= 0.6 is 11.6 Å². The van der Waals surface area contributed by atoms with Crippen LogP contribution in [0.4, 0.5) is 0 Å². The molecule has 0 saturated carbocycles. The predicted octanol–water partition coefficient (Wildman–Crippen LogP) is 3.56. The molecule has 0 spiro atoms. The number of alkyl halides is 1. The topological polar surface area (TPSA) is 37.4 Å². The van der Waals surface area contributed by atoms with Gasteiger partial charge in [-0.15, -0.1) is 11.6 Å². The molecule has 0 bridgehead atoms. The highest BCUT2D eigenvalue weighted by Gasteiger charge is 2.29. The second-order valence-electron chi connectivity index (χ2n) is 5.33. The van der Waals surface area contributed by atoms with E-state index in [1.54, 1.807) is 0 Å². The Morgan fingerprint density at radius 2 is 1.90 bits per heavy atom. The third-order valence-electron chi connectivity index (χ3n) is 4.17. The third kappa shape index (κ3) is 2.59. The monoisotopic (exact) mass is 293 g/mol. The van der Waals surface area contributed by atoms with Gasteiger partial charge in [0.1, 0.15) is 0 Å². The van der Waals surface area contributed by atoms with Crippen molar-refractivity contribution in [2.24, 2.45) is 5.92 Å². The Morgan fingerprint density at radius 1 is 1.25 bits per heavy atom. The normalized spacial score (nSPS) is 16.6. The van der Waals surface area contributed by atoms with Gasteiger partial charge in [0.2, 0.25) is 5.91 Å². The minimum absolute atomic E-state index is 0.0916. The molecule has 1 aromatic rings. The zero-order valence-electron chi connectivity index (χ0n) is 12.1. The molecular formula is C16H20ClNO2. The van der Waals surface area contributed by atoms with E-state index in [1.165, 1.54) is 11.9 Å². The van der Waals surface area contributed by atoms with Gasteiger partial charge in [0.05, 0.1) is 11.8 Å². The van der Waals surface area contributed by atoms with Crippen LogP contribution in [0, 0.1) is 5.92 Å². The van der Waals surface area contributed by atoms with Crippen molar-refractivity contribution in [3.8, 4) is 0 Å². The molecule has 1 aromatic carbocycles. The van der Waals surface area contributed by atoms with Gasteiger partial charge in [0.15, 0.2) is 0 Å². The zero-order valence-corrected chi connectivity index (χ0v) is 12.9. The second-order valence-corrected chi connectivity index (χ2v) is 5.80. The molecule has 0 aromatic heterocycles. The largest absolute Gasteiger partial charge is 0.281 e. The summed E-state index contributed by atoms with van der Waals surface area (Å²) < 4.78 is 0. The molecular weight excluding hydrogens is 274 g/mol. The van der Waals surface area contributed by atoms with Gasteiger partial charge in [-0.1, -0.05) is 38.8 Å². The molecule has 1 unspecified atom stereocenters. The molecule has 2 rings (SSSR count). The number of fused-ring (bicyclic) bond motifs is 1. The molecule has 2 amide bonds. The first-order valence-electron chi connectivity index (χ1n) is 7.07. The van der Waals surface area contributed by atoms with Gasteiger partial charge in [0.25, 0.3) is 5.91 Å². The van der Waals surface area contributed by atoms with E-state index in [1.807, 2.05) is 18.2 Å². The van der Waals surface area contributed by atoms with Gasteiger partial charge in [-0.05, 0) is 23.1 Å². The zero-order chi connectivity index (χ0) is 14.9. The van der Waals surface area contributed by atoms with Gasteiger partial charge in [-0.25, -0.2) is 0 Å². The molecule has 1 atom stereocenters. The van der Waals surface area contributed by atoms with Crippen molar-refractivity contribution in [1.82, 2.24) is 4.90 Å². The van der Waals surface area contributed by atoms with Crippen LogP contribution in [0.15, 0.2) is 18.2 Å². The van der Waals surface area contributed by atoms with E-state index >= 15 is 0 Å². The molecule has 4 heteroatoms. The fraction of sp³-hybridized carbons (Fsp3) is 0.500. The number of imide groups is 1. The fourth-order valence-corrected chi connectivity index (χ4v) is 3.16. The Bertz CT molecular complexity index is 537. The minimum Gasteiger partial charge on any atom is -0.281 e. The van der Waals surface area contributed by atoms with E-state index in [-0.39, 0.29) is 23.6 Å². The summed E-state index contributed by atoms with van der Waals surface area (Å²) in [5.74, 6) is 0.0111. The van der Waals surface area contributed by atoms with Crippen LogP contribution in [0.1, 0.15) is 53.6 Å². The Balaban J connectivity index is 2.37. The summed E-state index contributed by atoms with van der Waals surface area (Å²) in [6, 6.07) is 5.67. The van der Waals surface area contributed by atoms with E-state index in [0.717, 1.165) is 24.0 Å². The molecule has 1 aliphatic heterocycles. The van der Waals surface area contributed by atoms with Crippen LogP contribution in [0.25, 0.3) is 0 Å². The average molecular weight is 294 g/mol. The SMILES string of the molecule is CCC(CC)C(Cl)c1ccc2c(c1)C(=O)N(C)C(=O)C2. The molecule has 0 saturated heterocycles. The summed E-state index contributed by atoms with van der Waals surface area (Å²) >= 11 is 6.54. The highest BCUT2D eigenvalue weighted by molar-refractivity contribution is 6.21. The number of halogens is 1. The Morgan fingerprint density at radius 3 is 2.50 bits per heavy atom. The quantitative estimate of drug-likeness (QED) is 0.629. The van der Waals surface area contributed by atoms with E-state index < -0.39 is 0 Å². The van der Waals surface area contributed by atoms with Gasteiger partial charge >= 0.3 is 0 Å². The summed E-state index contributed by atoms with van der Waals surface area (Å²) in [6.07, 6.45) is 2.30. The number of benzene rings is 1. The average Bonchev–Trinajstić information content (AvgIpc) is 2.46. The van der Waals surface area contributed by atoms with E-state index in [9.17, 15) is 9.59 Å². The van der Waals surface area contributed by atoms with Crippen LogP contribution in [-0.2, 0) is 11.2 Å². The lowest BCUT2D eigenvalue weighted by Gasteiger charge is -2.25. The van der Waals surface area contributed by atoms with Gasteiger partial charge in [-0.3, -0.25) is 14.5 Å². The minimum atomic E-state index is -0.230. The molecule has 0 aliphatic carbocycles.